The Bertz CT molecular complexity index is 283. The quantitative estimate of drug-likeness (QED) is 0.736. The lowest BCUT2D eigenvalue weighted by Crippen LogP contribution is -2.05. The maximum absolute atomic E-state index is 4.69. The zero-order valence-electron chi connectivity index (χ0n) is 10.9. The molecule has 1 aromatic heterocycles. The van der Waals surface area contributed by atoms with E-state index in [4.69, 9.17) is 0 Å². The standard InChI is InChI=1S/C13H24N2/c1-9(2)7-15-8-12(10(3)4)13(14-15)11(5)6/h8-11H,7H2,1-6H3. The number of aromatic nitrogens is 2. The van der Waals surface area contributed by atoms with Crippen molar-refractivity contribution >= 4 is 0 Å². The van der Waals surface area contributed by atoms with E-state index in [0.29, 0.717) is 17.8 Å². The van der Waals surface area contributed by atoms with Crippen LogP contribution in [0.2, 0.25) is 0 Å². The molecule has 0 spiro atoms. The van der Waals surface area contributed by atoms with Gasteiger partial charge in [-0.2, -0.15) is 5.10 Å². The van der Waals surface area contributed by atoms with Gasteiger partial charge < -0.3 is 0 Å². The van der Waals surface area contributed by atoms with Gasteiger partial charge >= 0.3 is 0 Å². The molecular formula is C13H24N2. The summed E-state index contributed by atoms with van der Waals surface area (Å²) in [6.07, 6.45) is 2.22. The molecule has 0 atom stereocenters. The summed E-state index contributed by atoms with van der Waals surface area (Å²) < 4.78 is 2.11. The Hall–Kier alpha value is -0.790. The van der Waals surface area contributed by atoms with Crippen LogP contribution in [-0.2, 0) is 6.54 Å². The highest BCUT2D eigenvalue weighted by Gasteiger charge is 2.15. The highest BCUT2D eigenvalue weighted by molar-refractivity contribution is 5.23. The monoisotopic (exact) mass is 208 g/mol. The molecule has 86 valence electrons. The van der Waals surface area contributed by atoms with Gasteiger partial charge in [-0.3, -0.25) is 4.68 Å². The van der Waals surface area contributed by atoms with Gasteiger partial charge in [0.15, 0.2) is 0 Å². The van der Waals surface area contributed by atoms with Crippen molar-refractivity contribution in [2.24, 2.45) is 5.92 Å². The van der Waals surface area contributed by atoms with Gasteiger partial charge in [0.25, 0.3) is 0 Å². The summed E-state index contributed by atoms with van der Waals surface area (Å²) in [6, 6.07) is 0. The van der Waals surface area contributed by atoms with Gasteiger partial charge in [-0.25, -0.2) is 0 Å². The summed E-state index contributed by atoms with van der Waals surface area (Å²) in [6.45, 7) is 14.4. The second-order valence-corrected chi connectivity index (χ2v) is 5.39. The Kier molecular flexibility index (Phi) is 3.95. The van der Waals surface area contributed by atoms with Crippen molar-refractivity contribution in [1.82, 2.24) is 9.78 Å². The van der Waals surface area contributed by atoms with E-state index >= 15 is 0 Å². The van der Waals surface area contributed by atoms with Crippen LogP contribution in [0.3, 0.4) is 0 Å². The second kappa shape index (κ2) is 4.82. The summed E-state index contributed by atoms with van der Waals surface area (Å²) in [5.41, 5.74) is 2.68. The van der Waals surface area contributed by atoms with Gasteiger partial charge in [0.05, 0.1) is 5.69 Å². The van der Waals surface area contributed by atoms with Crippen molar-refractivity contribution in [1.29, 1.82) is 0 Å². The molecular weight excluding hydrogens is 184 g/mol. The van der Waals surface area contributed by atoms with Gasteiger partial charge in [0.1, 0.15) is 0 Å². The van der Waals surface area contributed by atoms with E-state index in [2.05, 4.69) is 57.5 Å². The highest BCUT2D eigenvalue weighted by Crippen LogP contribution is 2.24. The van der Waals surface area contributed by atoms with E-state index in [1.807, 2.05) is 0 Å². The smallest absolute Gasteiger partial charge is 0.0684 e. The molecule has 0 saturated carbocycles. The molecule has 0 unspecified atom stereocenters. The van der Waals surface area contributed by atoms with Crippen molar-refractivity contribution in [3.8, 4) is 0 Å². The summed E-state index contributed by atoms with van der Waals surface area (Å²) in [7, 11) is 0. The minimum atomic E-state index is 0.524. The summed E-state index contributed by atoms with van der Waals surface area (Å²) in [5, 5.41) is 4.69. The lowest BCUT2D eigenvalue weighted by atomic mass is 9.98. The molecule has 1 aromatic rings. The van der Waals surface area contributed by atoms with Crippen molar-refractivity contribution < 1.29 is 0 Å². The van der Waals surface area contributed by atoms with Crippen LogP contribution in [0.5, 0.6) is 0 Å². The number of nitrogens with zero attached hydrogens (tertiary/aromatic N) is 2. The average Bonchev–Trinajstić information content (AvgIpc) is 2.46. The predicted molar refractivity (Wildman–Crippen MR) is 65.2 cm³/mol. The molecule has 0 aromatic carbocycles. The van der Waals surface area contributed by atoms with E-state index in [-0.39, 0.29) is 0 Å². The lowest BCUT2D eigenvalue weighted by Gasteiger charge is -2.07. The summed E-state index contributed by atoms with van der Waals surface area (Å²) in [5.74, 6) is 1.75. The second-order valence-electron chi connectivity index (χ2n) is 5.39. The largest absolute Gasteiger partial charge is 0.272 e. The van der Waals surface area contributed by atoms with Crippen LogP contribution in [-0.4, -0.2) is 9.78 Å². The third kappa shape index (κ3) is 3.08. The van der Waals surface area contributed by atoms with Crippen molar-refractivity contribution in [2.75, 3.05) is 0 Å². The number of hydrogen-bond acceptors (Lipinski definition) is 1. The molecule has 0 bridgehead atoms. The molecule has 0 saturated heterocycles. The van der Waals surface area contributed by atoms with Crippen LogP contribution >= 0.6 is 0 Å². The number of rotatable bonds is 4. The van der Waals surface area contributed by atoms with E-state index in [1.165, 1.54) is 11.3 Å². The molecule has 2 heteroatoms. The maximum Gasteiger partial charge on any atom is 0.0684 e. The Balaban J connectivity index is 2.98. The van der Waals surface area contributed by atoms with Crippen LogP contribution in [0.1, 0.15) is 64.6 Å². The Morgan fingerprint density at radius 1 is 1.07 bits per heavy atom. The van der Waals surface area contributed by atoms with Crippen LogP contribution in [0.25, 0.3) is 0 Å². The normalized spacial score (nSPS) is 12.1. The average molecular weight is 208 g/mol. The third-order valence-corrected chi connectivity index (χ3v) is 2.54. The molecule has 15 heavy (non-hydrogen) atoms. The minimum Gasteiger partial charge on any atom is -0.272 e. The van der Waals surface area contributed by atoms with Gasteiger partial charge in [-0.15, -0.1) is 0 Å². The molecule has 0 aliphatic carbocycles. The molecule has 0 fully saturated rings. The van der Waals surface area contributed by atoms with Crippen LogP contribution in [0.15, 0.2) is 6.20 Å². The van der Waals surface area contributed by atoms with E-state index in [9.17, 15) is 0 Å². The zero-order valence-corrected chi connectivity index (χ0v) is 10.9. The molecule has 1 heterocycles. The van der Waals surface area contributed by atoms with Gasteiger partial charge in [-0.1, -0.05) is 41.5 Å². The molecule has 0 N–H and O–H groups in total. The SMILES string of the molecule is CC(C)Cn1cc(C(C)C)c(C(C)C)n1. The van der Waals surface area contributed by atoms with Gasteiger partial charge in [0, 0.05) is 12.7 Å². The zero-order chi connectivity index (χ0) is 11.6. The van der Waals surface area contributed by atoms with Gasteiger partial charge in [-0.05, 0) is 23.3 Å². The summed E-state index contributed by atoms with van der Waals surface area (Å²) >= 11 is 0. The fourth-order valence-electron chi connectivity index (χ4n) is 1.81. The van der Waals surface area contributed by atoms with Crippen molar-refractivity contribution in [2.45, 2.75) is 59.9 Å². The fraction of sp³-hybridized carbons (Fsp3) is 0.769. The van der Waals surface area contributed by atoms with E-state index in [0.717, 1.165) is 6.54 Å². The van der Waals surface area contributed by atoms with E-state index < -0.39 is 0 Å². The van der Waals surface area contributed by atoms with Crippen molar-refractivity contribution in [3.63, 3.8) is 0 Å². The molecule has 1 rings (SSSR count). The van der Waals surface area contributed by atoms with E-state index in [1.54, 1.807) is 0 Å². The fourth-order valence-corrected chi connectivity index (χ4v) is 1.81. The predicted octanol–water partition coefficient (Wildman–Crippen LogP) is 3.79. The van der Waals surface area contributed by atoms with Crippen LogP contribution < -0.4 is 0 Å². The lowest BCUT2D eigenvalue weighted by molar-refractivity contribution is 0.478. The van der Waals surface area contributed by atoms with Crippen LogP contribution in [0, 0.1) is 5.92 Å². The Morgan fingerprint density at radius 2 is 1.67 bits per heavy atom. The molecule has 0 radical (unpaired) electrons. The first-order chi connectivity index (χ1) is 6.91. The first-order valence-corrected chi connectivity index (χ1v) is 5.99. The maximum atomic E-state index is 4.69. The van der Waals surface area contributed by atoms with Gasteiger partial charge in [0.2, 0.25) is 0 Å². The summed E-state index contributed by atoms with van der Waals surface area (Å²) in [4.78, 5) is 0. The molecule has 0 amide bonds. The first-order valence-electron chi connectivity index (χ1n) is 5.99. The molecule has 2 nitrogen and oxygen atoms in total. The number of hydrogen-bond donors (Lipinski definition) is 0. The highest BCUT2D eigenvalue weighted by atomic mass is 15.3. The minimum absolute atomic E-state index is 0.524. The van der Waals surface area contributed by atoms with Crippen LogP contribution in [0.4, 0.5) is 0 Å². The Morgan fingerprint density at radius 3 is 2.00 bits per heavy atom. The third-order valence-electron chi connectivity index (χ3n) is 2.54. The van der Waals surface area contributed by atoms with Crippen molar-refractivity contribution in [3.05, 3.63) is 17.5 Å². The first kappa shape index (κ1) is 12.3. The molecule has 0 aliphatic rings. The Labute approximate surface area is 93.7 Å². The topological polar surface area (TPSA) is 17.8 Å². The molecule has 0 aliphatic heterocycles.